The number of hydrogen-bond acceptors (Lipinski definition) is 4. The lowest BCUT2D eigenvalue weighted by Gasteiger charge is -2.07. The largest absolute Gasteiger partial charge is 0.481 e. The number of terminal acetylenes is 1. The summed E-state index contributed by atoms with van der Waals surface area (Å²) in [5.41, 5.74) is 1.11. The Morgan fingerprint density at radius 3 is 2.90 bits per heavy atom. The molecule has 20 heavy (non-hydrogen) atoms. The molecule has 0 N–H and O–H groups in total. The lowest BCUT2D eigenvalue weighted by Crippen LogP contribution is -2.07. The highest BCUT2D eigenvalue weighted by Crippen LogP contribution is 2.14. The molecule has 1 heterocycles. The van der Waals surface area contributed by atoms with Crippen molar-refractivity contribution in [1.29, 1.82) is 0 Å². The van der Waals surface area contributed by atoms with Gasteiger partial charge in [0, 0.05) is 6.20 Å². The van der Waals surface area contributed by atoms with Crippen molar-refractivity contribution < 1.29 is 14.3 Å². The number of esters is 1. The zero-order chi connectivity index (χ0) is 14.2. The van der Waals surface area contributed by atoms with Gasteiger partial charge < -0.3 is 9.47 Å². The Kier molecular flexibility index (Phi) is 4.74. The number of pyridine rings is 1. The van der Waals surface area contributed by atoms with E-state index in [2.05, 4.69) is 10.9 Å². The first kappa shape index (κ1) is 13.6. The molecule has 0 radical (unpaired) electrons. The predicted molar refractivity (Wildman–Crippen MR) is 74.1 cm³/mol. The molecule has 2 rings (SSSR count). The van der Waals surface area contributed by atoms with Gasteiger partial charge in [0.15, 0.2) is 0 Å². The van der Waals surface area contributed by atoms with Crippen LogP contribution in [0.25, 0.3) is 0 Å². The van der Waals surface area contributed by atoms with Crippen molar-refractivity contribution in [3.05, 3.63) is 59.9 Å². The first-order valence-corrected chi connectivity index (χ1v) is 6.03. The van der Waals surface area contributed by atoms with Crippen molar-refractivity contribution in [3.8, 4) is 18.1 Å². The van der Waals surface area contributed by atoms with E-state index in [1.807, 2.05) is 12.1 Å². The summed E-state index contributed by atoms with van der Waals surface area (Å²) in [6.07, 6.45) is 6.67. The Morgan fingerprint density at radius 2 is 2.15 bits per heavy atom. The van der Waals surface area contributed by atoms with Gasteiger partial charge in [0.05, 0.1) is 0 Å². The quantitative estimate of drug-likeness (QED) is 0.616. The summed E-state index contributed by atoms with van der Waals surface area (Å²) in [4.78, 5) is 15.7. The molecule has 0 saturated heterocycles. The van der Waals surface area contributed by atoms with E-state index in [-0.39, 0.29) is 18.9 Å². The average molecular weight is 267 g/mol. The van der Waals surface area contributed by atoms with E-state index in [0.29, 0.717) is 5.75 Å². The van der Waals surface area contributed by atoms with Gasteiger partial charge >= 0.3 is 5.97 Å². The third kappa shape index (κ3) is 3.85. The molecule has 4 nitrogen and oxygen atoms in total. The fourth-order valence-corrected chi connectivity index (χ4v) is 1.56. The topological polar surface area (TPSA) is 48.4 Å². The Hall–Kier alpha value is -2.80. The molecule has 0 atom stereocenters. The number of benzene rings is 1. The molecule has 4 heteroatoms. The van der Waals surface area contributed by atoms with E-state index in [0.717, 1.165) is 5.56 Å². The molecule has 0 bridgehead atoms. The molecule has 0 unspecified atom stereocenters. The second-order valence-electron chi connectivity index (χ2n) is 3.93. The van der Waals surface area contributed by atoms with E-state index in [9.17, 15) is 4.79 Å². The highest BCUT2D eigenvalue weighted by atomic mass is 16.5. The molecule has 100 valence electrons. The summed E-state index contributed by atoms with van der Waals surface area (Å²) in [6, 6.07) is 12.3. The van der Waals surface area contributed by atoms with Crippen LogP contribution in [0.15, 0.2) is 48.7 Å². The molecule has 1 aromatic carbocycles. The van der Waals surface area contributed by atoms with Gasteiger partial charge in [-0.1, -0.05) is 24.1 Å². The first-order chi connectivity index (χ1) is 9.79. The van der Waals surface area contributed by atoms with Crippen molar-refractivity contribution in [2.45, 2.75) is 6.61 Å². The minimum atomic E-state index is -0.458. The van der Waals surface area contributed by atoms with E-state index in [1.165, 1.54) is 0 Å². The van der Waals surface area contributed by atoms with Gasteiger partial charge in [-0.3, -0.25) is 0 Å². The van der Waals surface area contributed by atoms with Gasteiger partial charge in [0.1, 0.15) is 24.7 Å². The number of ether oxygens (including phenoxy) is 2. The minimum absolute atomic E-state index is 0.155. The van der Waals surface area contributed by atoms with Crippen LogP contribution in [0, 0.1) is 12.3 Å². The molecule has 1 aromatic heterocycles. The zero-order valence-corrected chi connectivity index (χ0v) is 10.8. The SMILES string of the molecule is C#CCOc1cccc(COC(=O)c2ccccn2)c1. The van der Waals surface area contributed by atoms with Gasteiger partial charge in [-0.05, 0) is 29.8 Å². The standard InChI is InChI=1S/C16H13NO3/c1-2-10-19-14-7-5-6-13(11-14)12-20-16(18)15-8-3-4-9-17-15/h1,3-9,11H,10,12H2. The summed E-state index contributed by atoms with van der Waals surface area (Å²) >= 11 is 0. The molecule has 0 amide bonds. The van der Waals surface area contributed by atoms with Crippen LogP contribution in [0.2, 0.25) is 0 Å². The molecule has 0 saturated carbocycles. The molecule has 0 aliphatic carbocycles. The van der Waals surface area contributed by atoms with Crippen molar-refractivity contribution >= 4 is 5.97 Å². The minimum Gasteiger partial charge on any atom is -0.481 e. The summed E-state index contributed by atoms with van der Waals surface area (Å²) in [6.45, 7) is 0.361. The predicted octanol–water partition coefficient (Wildman–Crippen LogP) is 2.45. The third-order valence-electron chi connectivity index (χ3n) is 2.46. The molecule has 0 fully saturated rings. The summed E-state index contributed by atoms with van der Waals surface area (Å²) < 4.78 is 10.5. The second-order valence-corrected chi connectivity index (χ2v) is 3.93. The van der Waals surface area contributed by atoms with Gasteiger partial charge in [0.2, 0.25) is 0 Å². The molecule has 2 aromatic rings. The van der Waals surface area contributed by atoms with Crippen molar-refractivity contribution in [1.82, 2.24) is 4.98 Å². The molecular formula is C16H13NO3. The van der Waals surface area contributed by atoms with Crippen LogP contribution in [0.3, 0.4) is 0 Å². The molecular weight excluding hydrogens is 254 g/mol. The highest BCUT2D eigenvalue weighted by Gasteiger charge is 2.08. The van der Waals surface area contributed by atoms with Crippen molar-refractivity contribution in [2.75, 3.05) is 6.61 Å². The van der Waals surface area contributed by atoms with Gasteiger partial charge in [-0.15, -0.1) is 6.42 Å². The smallest absolute Gasteiger partial charge is 0.357 e. The highest BCUT2D eigenvalue weighted by molar-refractivity contribution is 5.87. The van der Waals surface area contributed by atoms with Crippen LogP contribution in [-0.2, 0) is 11.3 Å². The van der Waals surface area contributed by atoms with E-state index in [1.54, 1.807) is 36.5 Å². The van der Waals surface area contributed by atoms with E-state index < -0.39 is 5.97 Å². The fourth-order valence-electron chi connectivity index (χ4n) is 1.56. The molecule has 0 spiro atoms. The Labute approximate surface area is 117 Å². The number of carbonyl (C=O) groups is 1. The normalized spacial score (nSPS) is 9.55. The van der Waals surface area contributed by atoms with E-state index >= 15 is 0 Å². The maximum Gasteiger partial charge on any atom is 0.357 e. The van der Waals surface area contributed by atoms with Crippen LogP contribution < -0.4 is 4.74 Å². The Morgan fingerprint density at radius 1 is 1.25 bits per heavy atom. The maximum absolute atomic E-state index is 11.7. The number of aromatic nitrogens is 1. The van der Waals surface area contributed by atoms with Crippen LogP contribution in [-0.4, -0.2) is 17.6 Å². The van der Waals surface area contributed by atoms with Gasteiger partial charge in [-0.2, -0.15) is 0 Å². The lowest BCUT2D eigenvalue weighted by molar-refractivity contribution is 0.0465. The monoisotopic (exact) mass is 267 g/mol. The first-order valence-electron chi connectivity index (χ1n) is 6.03. The van der Waals surface area contributed by atoms with Crippen molar-refractivity contribution in [2.24, 2.45) is 0 Å². The fraction of sp³-hybridized carbons (Fsp3) is 0.125. The summed E-state index contributed by atoms with van der Waals surface area (Å²) in [5, 5.41) is 0. The second kappa shape index (κ2) is 6.95. The lowest BCUT2D eigenvalue weighted by atomic mass is 10.2. The summed E-state index contributed by atoms with van der Waals surface area (Å²) in [5.74, 6) is 2.58. The number of hydrogen-bond donors (Lipinski definition) is 0. The zero-order valence-electron chi connectivity index (χ0n) is 10.8. The molecule has 0 aliphatic rings. The molecule has 0 aliphatic heterocycles. The Bertz CT molecular complexity index is 617. The van der Waals surface area contributed by atoms with Crippen molar-refractivity contribution in [3.63, 3.8) is 0 Å². The van der Waals surface area contributed by atoms with Crippen LogP contribution in [0.5, 0.6) is 5.75 Å². The van der Waals surface area contributed by atoms with Gasteiger partial charge in [0.25, 0.3) is 0 Å². The van der Waals surface area contributed by atoms with Crippen LogP contribution in [0.4, 0.5) is 0 Å². The Balaban J connectivity index is 1.94. The maximum atomic E-state index is 11.7. The van der Waals surface area contributed by atoms with Crippen LogP contribution >= 0.6 is 0 Å². The van der Waals surface area contributed by atoms with Crippen LogP contribution in [0.1, 0.15) is 16.1 Å². The van der Waals surface area contributed by atoms with E-state index in [4.69, 9.17) is 15.9 Å². The number of nitrogens with zero attached hydrogens (tertiary/aromatic N) is 1. The number of carbonyl (C=O) groups excluding carboxylic acids is 1. The third-order valence-corrected chi connectivity index (χ3v) is 2.46. The van der Waals surface area contributed by atoms with Gasteiger partial charge in [-0.25, -0.2) is 9.78 Å². The average Bonchev–Trinajstić information content (AvgIpc) is 2.52. The summed E-state index contributed by atoms with van der Waals surface area (Å²) in [7, 11) is 0. The number of rotatable bonds is 5.